The van der Waals surface area contributed by atoms with E-state index in [1.807, 2.05) is 30.3 Å². The third-order valence-corrected chi connectivity index (χ3v) is 1.77. The van der Waals surface area contributed by atoms with Crippen molar-refractivity contribution in [3.63, 3.8) is 0 Å². The van der Waals surface area contributed by atoms with Crippen LogP contribution in [0.3, 0.4) is 0 Å². The lowest BCUT2D eigenvalue weighted by molar-refractivity contribution is -0.0615. The Morgan fingerprint density at radius 2 is 1.86 bits per heavy atom. The number of hydrogen-bond donors (Lipinski definition) is 1. The van der Waals surface area contributed by atoms with E-state index < -0.39 is 0 Å². The molecule has 0 bridgehead atoms. The van der Waals surface area contributed by atoms with E-state index in [1.54, 1.807) is 0 Å². The maximum atomic E-state index is 5.31. The first-order valence-electron chi connectivity index (χ1n) is 4.83. The van der Waals surface area contributed by atoms with E-state index in [1.165, 1.54) is 0 Å². The van der Waals surface area contributed by atoms with Crippen molar-refractivity contribution < 1.29 is 9.47 Å². The molecule has 0 spiro atoms. The van der Waals surface area contributed by atoms with Crippen LogP contribution in [0.5, 0.6) is 0 Å². The molecular formula is C11H17NO2. The predicted octanol–water partition coefficient (Wildman–Crippen LogP) is 1.53. The monoisotopic (exact) mass is 195 g/mol. The highest BCUT2D eigenvalue weighted by atomic mass is 16.7. The molecule has 0 unspecified atom stereocenters. The predicted molar refractivity (Wildman–Crippen MR) is 55.7 cm³/mol. The summed E-state index contributed by atoms with van der Waals surface area (Å²) >= 11 is 0. The first-order chi connectivity index (χ1) is 6.93. The van der Waals surface area contributed by atoms with E-state index in [2.05, 4.69) is 0 Å². The van der Waals surface area contributed by atoms with Crippen LogP contribution in [0, 0.1) is 0 Å². The summed E-state index contributed by atoms with van der Waals surface area (Å²) in [6.45, 7) is 2.28. The van der Waals surface area contributed by atoms with Crippen molar-refractivity contribution in [3.8, 4) is 0 Å². The molecule has 0 saturated carbocycles. The second-order valence-corrected chi connectivity index (χ2v) is 3.00. The molecule has 1 aromatic carbocycles. The maximum absolute atomic E-state index is 5.31. The van der Waals surface area contributed by atoms with Gasteiger partial charge >= 0.3 is 0 Å². The van der Waals surface area contributed by atoms with Gasteiger partial charge in [0.1, 0.15) is 6.79 Å². The normalized spacial score (nSPS) is 10.4. The molecule has 0 radical (unpaired) electrons. The molecule has 0 aliphatic carbocycles. The van der Waals surface area contributed by atoms with Crippen molar-refractivity contribution in [2.45, 2.75) is 13.0 Å². The van der Waals surface area contributed by atoms with Crippen LogP contribution in [0.15, 0.2) is 30.3 Å². The van der Waals surface area contributed by atoms with Gasteiger partial charge in [0.2, 0.25) is 0 Å². The zero-order chi connectivity index (χ0) is 10.1. The van der Waals surface area contributed by atoms with Gasteiger partial charge < -0.3 is 15.2 Å². The van der Waals surface area contributed by atoms with E-state index in [0.717, 1.165) is 12.0 Å². The Hall–Kier alpha value is -0.900. The second-order valence-electron chi connectivity index (χ2n) is 3.00. The van der Waals surface area contributed by atoms with Gasteiger partial charge in [-0.1, -0.05) is 30.3 Å². The molecule has 2 N–H and O–H groups in total. The number of benzene rings is 1. The fourth-order valence-corrected chi connectivity index (χ4v) is 1.04. The van der Waals surface area contributed by atoms with E-state index >= 15 is 0 Å². The summed E-state index contributed by atoms with van der Waals surface area (Å²) in [5, 5.41) is 0. The van der Waals surface area contributed by atoms with Gasteiger partial charge in [0.25, 0.3) is 0 Å². The van der Waals surface area contributed by atoms with E-state index in [-0.39, 0.29) is 0 Å². The lowest BCUT2D eigenvalue weighted by Gasteiger charge is -2.04. The van der Waals surface area contributed by atoms with Crippen molar-refractivity contribution in [2.24, 2.45) is 5.73 Å². The molecule has 0 heterocycles. The van der Waals surface area contributed by atoms with Crippen molar-refractivity contribution in [3.05, 3.63) is 35.9 Å². The third kappa shape index (κ3) is 4.97. The Kier molecular flexibility index (Phi) is 5.99. The van der Waals surface area contributed by atoms with Gasteiger partial charge in [-0.3, -0.25) is 0 Å². The molecule has 78 valence electrons. The van der Waals surface area contributed by atoms with Crippen molar-refractivity contribution in [1.82, 2.24) is 0 Å². The number of ether oxygens (including phenoxy) is 2. The Morgan fingerprint density at radius 1 is 1.07 bits per heavy atom. The van der Waals surface area contributed by atoms with Crippen molar-refractivity contribution >= 4 is 0 Å². The number of nitrogens with two attached hydrogens (primary N) is 1. The highest BCUT2D eigenvalue weighted by molar-refractivity contribution is 5.13. The molecule has 0 aromatic heterocycles. The number of hydrogen-bond acceptors (Lipinski definition) is 3. The molecule has 0 saturated heterocycles. The van der Waals surface area contributed by atoms with Crippen LogP contribution in [0.2, 0.25) is 0 Å². The Bertz CT molecular complexity index is 226. The summed E-state index contributed by atoms with van der Waals surface area (Å²) in [6.07, 6.45) is 0.884. The Balaban J connectivity index is 1.99. The van der Waals surface area contributed by atoms with E-state index in [9.17, 15) is 0 Å². The Morgan fingerprint density at radius 3 is 2.57 bits per heavy atom. The minimum atomic E-state index is 0.342. The standard InChI is InChI=1S/C11H17NO2/c12-7-4-8-13-10-14-9-11-5-2-1-3-6-11/h1-3,5-6H,4,7-10,12H2. The molecule has 0 aliphatic heterocycles. The van der Waals surface area contributed by atoms with Gasteiger partial charge in [0, 0.05) is 0 Å². The van der Waals surface area contributed by atoms with Crippen LogP contribution in [-0.2, 0) is 16.1 Å². The van der Waals surface area contributed by atoms with Crippen LogP contribution in [0.25, 0.3) is 0 Å². The fourth-order valence-electron chi connectivity index (χ4n) is 1.04. The van der Waals surface area contributed by atoms with Gasteiger partial charge in [-0.25, -0.2) is 0 Å². The molecular weight excluding hydrogens is 178 g/mol. The first-order valence-corrected chi connectivity index (χ1v) is 4.83. The summed E-state index contributed by atoms with van der Waals surface area (Å²) < 4.78 is 10.5. The molecule has 0 amide bonds. The minimum Gasteiger partial charge on any atom is -0.355 e. The van der Waals surface area contributed by atoms with Gasteiger partial charge in [-0.2, -0.15) is 0 Å². The van der Waals surface area contributed by atoms with Crippen molar-refractivity contribution in [2.75, 3.05) is 19.9 Å². The quantitative estimate of drug-likeness (QED) is 0.530. The first kappa shape index (κ1) is 11.2. The molecule has 0 atom stereocenters. The minimum absolute atomic E-state index is 0.342. The smallest absolute Gasteiger partial charge is 0.147 e. The van der Waals surface area contributed by atoms with Gasteiger partial charge in [-0.05, 0) is 18.5 Å². The van der Waals surface area contributed by atoms with Crippen LogP contribution < -0.4 is 5.73 Å². The molecule has 0 aliphatic rings. The Labute approximate surface area is 84.8 Å². The van der Waals surface area contributed by atoms with Gasteiger partial charge in [-0.15, -0.1) is 0 Å². The van der Waals surface area contributed by atoms with Gasteiger partial charge in [0.15, 0.2) is 0 Å². The summed E-state index contributed by atoms with van der Waals surface area (Å²) in [5.41, 5.74) is 6.48. The zero-order valence-electron chi connectivity index (χ0n) is 8.32. The molecule has 1 rings (SSSR count). The van der Waals surface area contributed by atoms with Crippen LogP contribution in [0.1, 0.15) is 12.0 Å². The highest BCUT2D eigenvalue weighted by Gasteiger charge is 1.91. The number of rotatable bonds is 7. The highest BCUT2D eigenvalue weighted by Crippen LogP contribution is 2.00. The average molecular weight is 195 g/mol. The van der Waals surface area contributed by atoms with E-state index in [4.69, 9.17) is 15.2 Å². The summed E-state index contributed by atoms with van der Waals surface area (Å²) in [6, 6.07) is 10.0. The largest absolute Gasteiger partial charge is 0.355 e. The topological polar surface area (TPSA) is 44.5 Å². The summed E-state index contributed by atoms with van der Waals surface area (Å²) in [5.74, 6) is 0. The molecule has 1 aromatic rings. The lowest BCUT2D eigenvalue weighted by atomic mass is 10.2. The third-order valence-electron chi connectivity index (χ3n) is 1.77. The van der Waals surface area contributed by atoms with E-state index in [0.29, 0.717) is 26.6 Å². The van der Waals surface area contributed by atoms with Crippen LogP contribution >= 0.6 is 0 Å². The molecule has 0 fully saturated rings. The summed E-state index contributed by atoms with van der Waals surface area (Å²) in [7, 11) is 0. The molecule has 3 nitrogen and oxygen atoms in total. The molecule has 3 heteroatoms. The SMILES string of the molecule is NCCCOCOCc1ccccc1. The average Bonchev–Trinajstić information content (AvgIpc) is 2.25. The molecule has 14 heavy (non-hydrogen) atoms. The zero-order valence-corrected chi connectivity index (χ0v) is 8.32. The maximum Gasteiger partial charge on any atom is 0.147 e. The lowest BCUT2D eigenvalue weighted by Crippen LogP contribution is -2.06. The van der Waals surface area contributed by atoms with Crippen molar-refractivity contribution in [1.29, 1.82) is 0 Å². The fraction of sp³-hybridized carbons (Fsp3) is 0.455. The second kappa shape index (κ2) is 7.50. The summed E-state index contributed by atoms with van der Waals surface area (Å²) in [4.78, 5) is 0. The van der Waals surface area contributed by atoms with Gasteiger partial charge in [0.05, 0.1) is 13.2 Å². The van der Waals surface area contributed by atoms with Crippen LogP contribution in [0.4, 0.5) is 0 Å². The van der Waals surface area contributed by atoms with Crippen LogP contribution in [-0.4, -0.2) is 19.9 Å².